The van der Waals surface area contributed by atoms with E-state index in [4.69, 9.17) is 4.52 Å². The molecule has 5 heteroatoms. The van der Waals surface area contributed by atoms with E-state index in [1.54, 1.807) is 17.2 Å². The van der Waals surface area contributed by atoms with Crippen molar-refractivity contribution in [2.45, 2.75) is 25.9 Å². The molecule has 1 fully saturated rings. The van der Waals surface area contributed by atoms with Gasteiger partial charge in [-0.05, 0) is 13.0 Å². The molecule has 0 aliphatic carbocycles. The van der Waals surface area contributed by atoms with Gasteiger partial charge >= 0.3 is 0 Å². The third-order valence-electron chi connectivity index (χ3n) is 2.59. The molecule has 2 heterocycles. The van der Waals surface area contributed by atoms with Gasteiger partial charge in [-0.3, -0.25) is 4.79 Å². The number of amides is 1. The van der Waals surface area contributed by atoms with E-state index in [1.165, 1.54) is 0 Å². The molecule has 1 amide bonds. The second-order valence-electron chi connectivity index (χ2n) is 3.64. The molecule has 1 atom stereocenters. The molecule has 0 saturated carbocycles. The summed E-state index contributed by atoms with van der Waals surface area (Å²) >= 11 is 0. The van der Waals surface area contributed by atoms with Crippen LogP contribution in [0.15, 0.2) is 16.8 Å². The monoisotopic (exact) mass is 209 g/mol. The van der Waals surface area contributed by atoms with Crippen molar-refractivity contribution in [2.24, 2.45) is 0 Å². The molecule has 1 aliphatic heterocycles. The van der Waals surface area contributed by atoms with Crippen molar-refractivity contribution in [2.75, 3.05) is 13.1 Å². The maximum Gasteiger partial charge on any atom is 0.240 e. The highest BCUT2D eigenvalue weighted by molar-refractivity contribution is 5.83. The Morgan fingerprint density at radius 2 is 2.60 bits per heavy atom. The number of nitrogens with zero attached hydrogens (tertiary/aromatic N) is 2. The highest BCUT2D eigenvalue weighted by Gasteiger charge is 2.31. The SMILES string of the molecule is CCNC1CCN(Cc2ccno2)C1=O. The topological polar surface area (TPSA) is 58.4 Å². The molecular weight excluding hydrogens is 194 g/mol. The fourth-order valence-electron chi connectivity index (χ4n) is 1.84. The summed E-state index contributed by atoms with van der Waals surface area (Å²) in [6, 6.07) is 1.77. The van der Waals surface area contributed by atoms with Crippen LogP contribution in [0.4, 0.5) is 0 Å². The average Bonchev–Trinajstić information content (AvgIpc) is 2.83. The molecule has 1 aromatic rings. The van der Waals surface area contributed by atoms with Crippen molar-refractivity contribution in [1.29, 1.82) is 0 Å². The van der Waals surface area contributed by atoms with Crippen LogP contribution in [0.3, 0.4) is 0 Å². The summed E-state index contributed by atoms with van der Waals surface area (Å²) in [7, 11) is 0. The van der Waals surface area contributed by atoms with Crippen molar-refractivity contribution in [3.05, 3.63) is 18.0 Å². The lowest BCUT2D eigenvalue weighted by atomic mass is 10.2. The minimum Gasteiger partial charge on any atom is -0.360 e. The molecule has 1 aliphatic rings. The van der Waals surface area contributed by atoms with Gasteiger partial charge in [-0.1, -0.05) is 12.1 Å². The molecule has 15 heavy (non-hydrogen) atoms. The smallest absolute Gasteiger partial charge is 0.240 e. The number of hydrogen-bond donors (Lipinski definition) is 1. The highest BCUT2D eigenvalue weighted by atomic mass is 16.5. The number of likely N-dealkylation sites (tertiary alicyclic amines) is 1. The Bertz CT molecular complexity index is 323. The summed E-state index contributed by atoms with van der Waals surface area (Å²) in [4.78, 5) is 13.6. The summed E-state index contributed by atoms with van der Waals surface area (Å²) in [5, 5.41) is 6.78. The number of nitrogens with one attached hydrogen (secondary N) is 1. The lowest BCUT2D eigenvalue weighted by Gasteiger charge is -2.14. The normalized spacial score (nSPS) is 21.3. The molecule has 0 aromatic carbocycles. The van der Waals surface area contributed by atoms with Gasteiger partial charge in [0, 0.05) is 12.6 Å². The van der Waals surface area contributed by atoms with E-state index in [9.17, 15) is 4.79 Å². The average molecular weight is 209 g/mol. The second-order valence-corrected chi connectivity index (χ2v) is 3.64. The summed E-state index contributed by atoms with van der Waals surface area (Å²) in [5.41, 5.74) is 0. The first-order valence-electron chi connectivity index (χ1n) is 5.23. The Balaban J connectivity index is 1.93. The van der Waals surface area contributed by atoms with E-state index in [1.807, 2.05) is 6.92 Å². The van der Waals surface area contributed by atoms with Crippen LogP contribution in [0.5, 0.6) is 0 Å². The molecule has 1 N–H and O–H groups in total. The van der Waals surface area contributed by atoms with Crippen LogP contribution in [0, 0.1) is 0 Å². The largest absolute Gasteiger partial charge is 0.360 e. The zero-order valence-electron chi connectivity index (χ0n) is 8.77. The molecule has 82 valence electrons. The van der Waals surface area contributed by atoms with Gasteiger partial charge in [0.25, 0.3) is 0 Å². The van der Waals surface area contributed by atoms with Crippen LogP contribution in [0.25, 0.3) is 0 Å². The molecule has 2 rings (SSSR count). The number of aromatic nitrogens is 1. The van der Waals surface area contributed by atoms with Gasteiger partial charge in [0.15, 0.2) is 5.76 Å². The molecule has 0 bridgehead atoms. The quantitative estimate of drug-likeness (QED) is 0.779. The van der Waals surface area contributed by atoms with Crippen molar-refractivity contribution >= 4 is 5.91 Å². The summed E-state index contributed by atoms with van der Waals surface area (Å²) < 4.78 is 4.97. The Morgan fingerprint density at radius 1 is 1.73 bits per heavy atom. The molecule has 0 spiro atoms. The third-order valence-corrected chi connectivity index (χ3v) is 2.59. The maximum atomic E-state index is 11.8. The van der Waals surface area contributed by atoms with Gasteiger partial charge in [0.1, 0.15) is 0 Å². The second kappa shape index (κ2) is 4.44. The number of carbonyl (C=O) groups excluding carboxylic acids is 1. The van der Waals surface area contributed by atoms with Crippen molar-refractivity contribution < 1.29 is 9.32 Å². The van der Waals surface area contributed by atoms with Crippen LogP contribution < -0.4 is 5.32 Å². The fraction of sp³-hybridized carbons (Fsp3) is 0.600. The summed E-state index contributed by atoms with van der Waals surface area (Å²) in [5.74, 6) is 0.897. The van der Waals surface area contributed by atoms with E-state index in [2.05, 4.69) is 10.5 Å². The molecule has 5 nitrogen and oxygen atoms in total. The Kier molecular flexibility index (Phi) is 3.01. The van der Waals surface area contributed by atoms with Gasteiger partial charge < -0.3 is 14.7 Å². The van der Waals surface area contributed by atoms with E-state index < -0.39 is 0 Å². The minimum atomic E-state index is -0.0158. The Morgan fingerprint density at radius 3 is 3.27 bits per heavy atom. The standard InChI is InChI=1S/C10H15N3O2/c1-2-11-9-4-6-13(10(9)14)7-8-3-5-12-15-8/h3,5,9,11H,2,4,6-7H2,1H3. The third kappa shape index (κ3) is 2.18. The Hall–Kier alpha value is -1.36. The van der Waals surface area contributed by atoms with Crippen LogP contribution >= 0.6 is 0 Å². The fourth-order valence-corrected chi connectivity index (χ4v) is 1.84. The van der Waals surface area contributed by atoms with Crippen LogP contribution in [0.1, 0.15) is 19.1 Å². The zero-order valence-corrected chi connectivity index (χ0v) is 8.77. The molecule has 1 unspecified atom stereocenters. The first-order valence-corrected chi connectivity index (χ1v) is 5.23. The van der Waals surface area contributed by atoms with E-state index in [0.29, 0.717) is 6.54 Å². The predicted octanol–water partition coefficient (Wildman–Crippen LogP) is 0.385. The number of likely N-dealkylation sites (N-methyl/N-ethyl adjacent to an activating group) is 1. The van der Waals surface area contributed by atoms with Crippen molar-refractivity contribution in [3.8, 4) is 0 Å². The number of carbonyl (C=O) groups is 1. The van der Waals surface area contributed by atoms with Crippen LogP contribution in [-0.2, 0) is 11.3 Å². The molecule has 1 saturated heterocycles. The predicted molar refractivity (Wildman–Crippen MR) is 54.0 cm³/mol. The lowest BCUT2D eigenvalue weighted by Crippen LogP contribution is -2.37. The van der Waals surface area contributed by atoms with Crippen molar-refractivity contribution in [3.63, 3.8) is 0 Å². The molecule has 0 radical (unpaired) electrons. The first-order chi connectivity index (χ1) is 7.31. The summed E-state index contributed by atoms with van der Waals surface area (Å²) in [6.45, 7) is 4.15. The molecule has 1 aromatic heterocycles. The van der Waals surface area contributed by atoms with E-state index >= 15 is 0 Å². The van der Waals surface area contributed by atoms with Crippen molar-refractivity contribution in [1.82, 2.24) is 15.4 Å². The van der Waals surface area contributed by atoms with Gasteiger partial charge in [-0.15, -0.1) is 0 Å². The number of hydrogen-bond acceptors (Lipinski definition) is 4. The first kappa shape index (κ1) is 10.2. The Labute approximate surface area is 88.4 Å². The van der Waals surface area contributed by atoms with E-state index in [-0.39, 0.29) is 11.9 Å². The van der Waals surface area contributed by atoms with E-state index in [0.717, 1.165) is 25.3 Å². The van der Waals surface area contributed by atoms with Gasteiger partial charge in [-0.2, -0.15) is 0 Å². The van der Waals surface area contributed by atoms with Gasteiger partial charge in [-0.25, -0.2) is 0 Å². The maximum absolute atomic E-state index is 11.8. The highest BCUT2D eigenvalue weighted by Crippen LogP contribution is 2.14. The number of rotatable bonds is 4. The van der Waals surface area contributed by atoms with Gasteiger partial charge in [0.2, 0.25) is 5.91 Å². The van der Waals surface area contributed by atoms with Gasteiger partial charge in [0.05, 0.1) is 18.8 Å². The lowest BCUT2D eigenvalue weighted by molar-refractivity contribution is -0.130. The minimum absolute atomic E-state index is 0.0158. The van der Waals surface area contributed by atoms with Crippen LogP contribution in [0.2, 0.25) is 0 Å². The zero-order chi connectivity index (χ0) is 10.7. The van der Waals surface area contributed by atoms with Crippen LogP contribution in [-0.4, -0.2) is 35.1 Å². The molecular formula is C10H15N3O2. The summed E-state index contributed by atoms with van der Waals surface area (Å²) in [6.07, 6.45) is 2.47.